The Bertz CT molecular complexity index is 876. The third kappa shape index (κ3) is 8.40. The fraction of sp³-hybridized carbons (Fsp3) is 0.417. The minimum atomic E-state index is -0.547. The van der Waals surface area contributed by atoms with Crippen LogP contribution in [0.3, 0.4) is 0 Å². The lowest BCUT2D eigenvalue weighted by Gasteiger charge is -2.31. The van der Waals surface area contributed by atoms with E-state index in [2.05, 4.69) is 5.32 Å². The van der Waals surface area contributed by atoms with Crippen molar-refractivity contribution >= 4 is 46.8 Å². The summed E-state index contributed by atoms with van der Waals surface area (Å²) in [5.74, 6) is 1.06. The molecule has 0 aliphatic carbocycles. The predicted molar refractivity (Wildman–Crippen MR) is 132 cm³/mol. The van der Waals surface area contributed by atoms with Crippen LogP contribution in [0.25, 0.3) is 0 Å². The van der Waals surface area contributed by atoms with E-state index in [0.717, 1.165) is 11.1 Å². The number of nitrogens with zero attached hydrogens (tertiary/aromatic N) is 1. The Hall–Kier alpha value is -1.69. The third-order valence-electron chi connectivity index (χ3n) is 4.75. The van der Waals surface area contributed by atoms with Gasteiger partial charge in [0.25, 0.3) is 0 Å². The van der Waals surface area contributed by atoms with Gasteiger partial charge in [-0.15, -0.1) is 11.8 Å². The van der Waals surface area contributed by atoms with E-state index in [4.69, 9.17) is 23.2 Å². The van der Waals surface area contributed by atoms with Crippen molar-refractivity contribution in [2.75, 3.05) is 12.3 Å². The van der Waals surface area contributed by atoms with Gasteiger partial charge in [0.1, 0.15) is 6.04 Å². The van der Waals surface area contributed by atoms with Crippen LogP contribution in [-0.2, 0) is 21.9 Å². The van der Waals surface area contributed by atoms with E-state index < -0.39 is 6.04 Å². The summed E-state index contributed by atoms with van der Waals surface area (Å²) in [7, 11) is 0. The molecule has 0 aliphatic heterocycles. The van der Waals surface area contributed by atoms with Crippen LogP contribution >= 0.6 is 35.0 Å². The van der Waals surface area contributed by atoms with Crippen LogP contribution in [0.1, 0.15) is 38.3 Å². The number of carbonyl (C=O) groups is 2. The second-order valence-corrected chi connectivity index (χ2v) is 9.63. The van der Waals surface area contributed by atoms with Crippen molar-refractivity contribution in [3.8, 4) is 0 Å². The van der Waals surface area contributed by atoms with Crippen LogP contribution in [0.15, 0.2) is 48.5 Å². The molecule has 7 heteroatoms. The van der Waals surface area contributed by atoms with Crippen LogP contribution in [0.5, 0.6) is 0 Å². The average molecular weight is 481 g/mol. The normalized spacial score (nSPS) is 11.9. The van der Waals surface area contributed by atoms with E-state index in [0.29, 0.717) is 41.2 Å². The van der Waals surface area contributed by atoms with Gasteiger partial charge in [-0.3, -0.25) is 9.59 Å². The predicted octanol–water partition coefficient (Wildman–Crippen LogP) is 5.81. The maximum Gasteiger partial charge on any atom is 0.242 e. The summed E-state index contributed by atoms with van der Waals surface area (Å²) in [5.41, 5.74) is 1.89. The van der Waals surface area contributed by atoms with E-state index in [1.807, 2.05) is 63.2 Å². The number of benzene rings is 2. The van der Waals surface area contributed by atoms with Gasteiger partial charge in [0.05, 0.1) is 5.75 Å². The number of amides is 2. The molecule has 0 radical (unpaired) electrons. The molecule has 0 spiro atoms. The Kier molecular flexibility index (Phi) is 10.7. The number of hydrogen-bond donors (Lipinski definition) is 1. The number of rotatable bonds is 11. The van der Waals surface area contributed by atoms with Crippen LogP contribution in [0.4, 0.5) is 0 Å². The molecule has 0 heterocycles. The molecule has 31 heavy (non-hydrogen) atoms. The Balaban J connectivity index is 2.13. The monoisotopic (exact) mass is 480 g/mol. The van der Waals surface area contributed by atoms with Gasteiger partial charge in [0, 0.05) is 28.9 Å². The van der Waals surface area contributed by atoms with Crippen LogP contribution in [-0.4, -0.2) is 35.1 Å². The zero-order valence-electron chi connectivity index (χ0n) is 18.2. The van der Waals surface area contributed by atoms with Gasteiger partial charge >= 0.3 is 0 Å². The van der Waals surface area contributed by atoms with Crippen LogP contribution in [0.2, 0.25) is 10.0 Å². The zero-order valence-corrected chi connectivity index (χ0v) is 20.6. The molecule has 0 aliphatic rings. The minimum absolute atomic E-state index is 0.0847. The fourth-order valence-corrected chi connectivity index (χ4v) is 4.38. The van der Waals surface area contributed by atoms with Crippen molar-refractivity contribution in [3.05, 3.63) is 69.7 Å². The molecular formula is C24H30Cl2N2O2S. The molecule has 0 aromatic heterocycles. The SMILES string of the molecule is CC[C@@H](C(=O)NCC(C)C)N(Cc1ccccc1Cl)C(=O)CSCc1cccc(Cl)c1. The standard InChI is InChI=1S/C24H30Cl2N2O2S/c1-4-22(24(30)27-13-17(2)3)28(14-19-9-5-6-11-21(19)26)23(29)16-31-15-18-8-7-10-20(25)12-18/h5-12,17,22H,4,13-16H2,1-3H3,(H,27,30)/t22-/m0/s1. The van der Waals surface area contributed by atoms with Crippen LogP contribution < -0.4 is 5.32 Å². The molecule has 1 atom stereocenters. The first-order chi connectivity index (χ1) is 14.8. The number of nitrogens with one attached hydrogen (secondary N) is 1. The van der Waals surface area contributed by atoms with Gasteiger partial charge < -0.3 is 10.2 Å². The second kappa shape index (κ2) is 13.0. The first-order valence-electron chi connectivity index (χ1n) is 10.4. The lowest BCUT2D eigenvalue weighted by molar-refractivity contribution is -0.139. The molecule has 1 N–H and O–H groups in total. The molecule has 168 valence electrons. The maximum atomic E-state index is 13.2. The third-order valence-corrected chi connectivity index (χ3v) is 6.34. The molecule has 0 saturated heterocycles. The molecule has 2 amide bonds. The zero-order chi connectivity index (χ0) is 22.8. The number of carbonyl (C=O) groups excluding carboxylic acids is 2. The Labute approximate surface area is 199 Å². The fourth-order valence-electron chi connectivity index (χ4n) is 3.12. The molecule has 0 saturated carbocycles. The summed E-state index contributed by atoms with van der Waals surface area (Å²) in [6.07, 6.45) is 0.527. The Morgan fingerprint density at radius 3 is 2.48 bits per heavy atom. The van der Waals surface area contributed by atoms with Gasteiger partial charge in [-0.2, -0.15) is 0 Å². The van der Waals surface area contributed by atoms with Crippen molar-refractivity contribution in [2.45, 2.75) is 45.5 Å². The van der Waals surface area contributed by atoms with Crippen molar-refractivity contribution in [1.82, 2.24) is 10.2 Å². The van der Waals surface area contributed by atoms with Crippen molar-refractivity contribution in [1.29, 1.82) is 0 Å². The lowest BCUT2D eigenvalue weighted by atomic mass is 10.1. The Morgan fingerprint density at radius 1 is 1.10 bits per heavy atom. The average Bonchev–Trinajstić information content (AvgIpc) is 2.73. The van der Waals surface area contributed by atoms with E-state index in [9.17, 15) is 9.59 Å². The highest BCUT2D eigenvalue weighted by atomic mass is 35.5. The summed E-state index contributed by atoms with van der Waals surface area (Å²) >= 11 is 13.9. The maximum absolute atomic E-state index is 13.2. The highest BCUT2D eigenvalue weighted by molar-refractivity contribution is 7.99. The Morgan fingerprint density at radius 2 is 1.84 bits per heavy atom. The molecule has 0 fully saturated rings. The van der Waals surface area contributed by atoms with Crippen molar-refractivity contribution < 1.29 is 9.59 Å². The number of thioether (sulfide) groups is 1. The van der Waals surface area contributed by atoms with Crippen molar-refractivity contribution in [3.63, 3.8) is 0 Å². The quantitative estimate of drug-likeness (QED) is 0.441. The molecule has 4 nitrogen and oxygen atoms in total. The first-order valence-corrected chi connectivity index (χ1v) is 12.4. The van der Waals surface area contributed by atoms with Gasteiger partial charge in [0.2, 0.25) is 11.8 Å². The molecule has 0 bridgehead atoms. The van der Waals surface area contributed by atoms with E-state index >= 15 is 0 Å². The largest absolute Gasteiger partial charge is 0.354 e. The first kappa shape index (κ1) is 25.6. The summed E-state index contributed by atoms with van der Waals surface area (Å²) in [6, 6.07) is 14.5. The van der Waals surface area contributed by atoms with Gasteiger partial charge in [0.15, 0.2) is 0 Å². The summed E-state index contributed by atoms with van der Waals surface area (Å²) in [6.45, 7) is 6.88. The molecule has 0 unspecified atom stereocenters. The smallest absolute Gasteiger partial charge is 0.242 e. The number of hydrogen-bond acceptors (Lipinski definition) is 3. The van der Waals surface area contributed by atoms with Gasteiger partial charge in [-0.1, -0.05) is 74.3 Å². The summed E-state index contributed by atoms with van der Waals surface area (Å²) < 4.78 is 0. The summed E-state index contributed by atoms with van der Waals surface area (Å²) in [4.78, 5) is 27.7. The lowest BCUT2D eigenvalue weighted by Crippen LogP contribution is -2.50. The molecule has 2 aromatic rings. The van der Waals surface area contributed by atoms with Crippen molar-refractivity contribution in [2.24, 2.45) is 5.92 Å². The summed E-state index contributed by atoms with van der Waals surface area (Å²) in [5, 5.41) is 4.24. The number of halogens is 2. The van der Waals surface area contributed by atoms with Gasteiger partial charge in [-0.25, -0.2) is 0 Å². The highest BCUT2D eigenvalue weighted by Gasteiger charge is 2.29. The highest BCUT2D eigenvalue weighted by Crippen LogP contribution is 2.22. The van der Waals surface area contributed by atoms with Gasteiger partial charge in [-0.05, 0) is 41.7 Å². The van der Waals surface area contributed by atoms with E-state index in [1.54, 1.807) is 11.0 Å². The van der Waals surface area contributed by atoms with E-state index in [1.165, 1.54) is 11.8 Å². The minimum Gasteiger partial charge on any atom is -0.354 e. The molecule has 2 aromatic carbocycles. The van der Waals surface area contributed by atoms with E-state index in [-0.39, 0.29) is 17.6 Å². The van der Waals surface area contributed by atoms with Crippen LogP contribution in [0, 0.1) is 5.92 Å². The molecular weight excluding hydrogens is 451 g/mol. The topological polar surface area (TPSA) is 49.4 Å². The second-order valence-electron chi connectivity index (χ2n) is 7.80. The molecule has 2 rings (SSSR count).